The molecule has 19 heavy (non-hydrogen) atoms. The summed E-state index contributed by atoms with van der Waals surface area (Å²) in [5.41, 5.74) is 6.30. The lowest BCUT2D eigenvalue weighted by molar-refractivity contribution is -0.122. The molecule has 104 valence electrons. The molecule has 0 radical (unpaired) electrons. The number of carbonyl (C=O) groups excluding carboxylic acids is 1. The van der Waals surface area contributed by atoms with Crippen LogP contribution < -0.4 is 20.5 Å². The molecule has 1 amide bonds. The Morgan fingerprint density at radius 1 is 1.58 bits per heavy atom. The van der Waals surface area contributed by atoms with Crippen LogP contribution in [0.15, 0.2) is 24.8 Å². The fourth-order valence-electron chi connectivity index (χ4n) is 1.46. The number of nitrogens with two attached hydrogens (primary N) is 1. The molecular weight excluding hydrogens is 268 g/mol. The number of amides is 1. The number of carbonyl (C=O) groups is 1. The molecule has 6 heteroatoms. The van der Waals surface area contributed by atoms with Crippen molar-refractivity contribution < 1.29 is 14.3 Å². The van der Waals surface area contributed by atoms with Gasteiger partial charge in [0.1, 0.15) is 0 Å². The zero-order chi connectivity index (χ0) is 14.3. The number of hydrogen-bond acceptors (Lipinski definition) is 4. The average molecular weight is 285 g/mol. The Morgan fingerprint density at radius 2 is 2.32 bits per heavy atom. The van der Waals surface area contributed by atoms with Gasteiger partial charge in [0, 0.05) is 29.7 Å². The van der Waals surface area contributed by atoms with Crippen LogP contribution in [0, 0.1) is 0 Å². The Morgan fingerprint density at radius 3 is 2.89 bits per heavy atom. The van der Waals surface area contributed by atoms with Gasteiger partial charge in [0.2, 0.25) is 0 Å². The van der Waals surface area contributed by atoms with E-state index in [1.54, 1.807) is 18.2 Å². The third kappa shape index (κ3) is 4.46. The van der Waals surface area contributed by atoms with Gasteiger partial charge >= 0.3 is 0 Å². The lowest BCUT2D eigenvalue weighted by Crippen LogP contribution is -2.29. The summed E-state index contributed by atoms with van der Waals surface area (Å²) in [7, 11) is 1.50. The highest BCUT2D eigenvalue weighted by molar-refractivity contribution is 6.30. The fraction of sp³-hybridized carbons (Fsp3) is 0.308. The first kappa shape index (κ1) is 15.3. The maximum Gasteiger partial charge on any atom is 0.258 e. The van der Waals surface area contributed by atoms with Gasteiger partial charge in [-0.2, -0.15) is 0 Å². The number of ether oxygens (including phenoxy) is 2. The van der Waals surface area contributed by atoms with Gasteiger partial charge in [-0.1, -0.05) is 17.7 Å². The molecule has 1 rings (SSSR count). The van der Waals surface area contributed by atoms with E-state index in [2.05, 4.69) is 11.9 Å². The number of rotatable bonds is 7. The van der Waals surface area contributed by atoms with Crippen LogP contribution in [0.3, 0.4) is 0 Å². The monoisotopic (exact) mass is 284 g/mol. The van der Waals surface area contributed by atoms with Crippen LogP contribution in [0.25, 0.3) is 0 Å². The smallest absolute Gasteiger partial charge is 0.258 e. The maximum absolute atomic E-state index is 11.5. The molecule has 0 saturated carbocycles. The second-order valence-electron chi connectivity index (χ2n) is 3.68. The largest absolute Gasteiger partial charge is 0.493 e. The number of halogens is 1. The first-order chi connectivity index (χ1) is 9.12. The summed E-state index contributed by atoms with van der Waals surface area (Å²) >= 11 is 5.93. The van der Waals surface area contributed by atoms with Crippen LogP contribution in [0.1, 0.15) is 5.56 Å². The number of methoxy groups -OCH3 is 1. The lowest BCUT2D eigenvalue weighted by Gasteiger charge is -2.14. The van der Waals surface area contributed by atoms with E-state index in [-0.39, 0.29) is 19.1 Å². The van der Waals surface area contributed by atoms with Crippen LogP contribution in [-0.4, -0.2) is 26.2 Å². The highest BCUT2D eigenvalue weighted by Gasteiger charge is 2.13. The molecule has 1 aromatic carbocycles. The fourth-order valence-corrected chi connectivity index (χ4v) is 1.70. The SMILES string of the molecule is C=CCNC(=O)COc1c(CN)cc(Cl)cc1OC. The molecule has 0 aliphatic heterocycles. The van der Waals surface area contributed by atoms with Crippen LogP contribution in [0.4, 0.5) is 0 Å². The van der Waals surface area contributed by atoms with E-state index < -0.39 is 0 Å². The molecule has 0 atom stereocenters. The maximum atomic E-state index is 11.5. The summed E-state index contributed by atoms with van der Waals surface area (Å²) in [6.07, 6.45) is 1.59. The predicted molar refractivity (Wildman–Crippen MR) is 74.6 cm³/mol. The molecule has 0 bridgehead atoms. The van der Waals surface area contributed by atoms with Crippen LogP contribution >= 0.6 is 11.6 Å². The van der Waals surface area contributed by atoms with Gasteiger partial charge in [0.05, 0.1) is 7.11 Å². The Balaban J connectivity index is 2.81. The molecule has 0 spiro atoms. The van der Waals surface area contributed by atoms with Crippen LogP contribution in [0.5, 0.6) is 11.5 Å². The first-order valence-corrected chi connectivity index (χ1v) is 6.07. The van der Waals surface area contributed by atoms with E-state index in [1.807, 2.05) is 0 Å². The normalized spacial score (nSPS) is 9.84. The highest BCUT2D eigenvalue weighted by atomic mass is 35.5. The molecule has 3 N–H and O–H groups in total. The van der Waals surface area contributed by atoms with Crippen molar-refractivity contribution in [3.8, 4) is 11.5 Å². The van der Waals surface area contributed by atoms with Crippen molar-refractivity contribution in [2.24, 2.45) is 5.73 Å². The topological polar surface area (TPSA) is 73.6 Å². The predicted octanol–water partition coefficient (Wildman–Crippen LogP) is 1.49. The van der Waals surface area contributed by atoms with E-state index in [4.69, 9.17) is 26.8 Å². The number of nitrogens with one attached hydrogen (secondary N) is 1. The Kier molecular flexibility index (Phi) is 6.18. The zero-order valence-corrected chi connectivity index (χ0v) is 11.5. The minimum absolute atomic E-state index is 0.126. The standard InChI is InChI=1S/C13H17ClN2O3/c1-3-4-16-12(17)8-19-13-9(7-15)5-10(14)6-11(13)18-2/h3,5-6H,1,4,7-8,15H2,2H3,(H,16,17). The van der Waals surface area contributed by atoms with E-state index in [0.29, 0.717) is 28.6 Å². The second kappa shape index (κ2) is 7.66. The van der Waals surface area contributed by atoms with Crippen molar-refractivity contribution in [3.05, 3.63) is 35.4 Å². The minimum atomic E-state index is -0.250. The lowest BCUT2D eigenvalue weighted by atomic mass is 10.2. The summed E-state index contributed by atoms with van der Waals surface area (Å²) < 4.78 is 10.6. The molecule has 0 aliphatic rings. The molecule has 0 saturated heterocycles. The first-order valence-electron chi connectivity index (χ1n) is 5.69. The van der Waals surface area contributed by atoms with Crippen molar-refractivity contribution in [2.45, 2.75) is 6.54 Å². The Hall–Kier alpha value is -1.72. The van der Waals surface area contributed by atoms with Gasteiger partial charge in [0.15, 0.2) is 18.1 Å². The third-order valence-corrected chi connectivity index (χ3v) is 2.55. The minimum Gasteiger partial charge on any atom is -0.493 e. The van der Waals surface area contributed by atoms with Crippen molar-refractivity contribution in [2.75, 3.05) is 20.3 Å². The van der Waals surface area contributed by atoms with Crippen LogP contribution in [0.2, 0.25) is 5.02 Å². The van der Waals surface area contributed by atoms with Crippen molar-refractivity contribution >= 4 is 17.5 Å². The number of benzene rings is 1. The zero-order valence-electron chi connectivity index (χ0n) is 10.7. The van der Waals surface area contributed by atoms with Gasteiger partial charge in [-0.25, -0.2) is 0 Å². The molecule has 0 heterocycles. The van der Waals surface area contributed by atoms with E-state index in [0.717, 1.165) is 0 Å². The highest BCUT2D eigenvalue weighted by Crippen LogP contribution is 2.34. The molecule has 1 aromatic rings. The van der Waals surface area contributed by atoms with Gasteiger partial charge in [-0.15, -0.1) is 6.58 Å². The van der Waals surface area contributed by atoms with Crippen molar-refractivity contribution in [1.29, 1.82) is 0 Å². The molecule has 0 unspecified atom stereocenters. The summed E-state index contributed by atoms with van der Waals surface area (Å²) in [6, 6.07) is 3.29. The van der Waals surface area contributed by atoms with Gasteiger partial charge < -0.3 is 20.5 Å². The summed E-state index contributed by atoms with van der Waals surface area (Å²) in [4.78, 5) is 11.5. The van der Waals surface area contributed by atoms with Crippen molar-refractivity contribution in [3.63, 3.8) is 0 Å². The van der Waals surface area contributed by atoms with Gasteiger partial charge in [0.25, 0.3) is 5.91 Å². The van der Waals surface area contributed by atoms with E-state index in [9.17, 15) is 4.79 Å². The van der Waals surface area contributed by atoms with Gasteiger partial charge in [-0.05, 0) is 6.07 Å². The van der Waals surface area contributed by atoms with E-state index in [1.165, 1.54) is 7.11 Å². The van der Waals surface area contributed by atoms with E-state index >= 15 is 0 Å². The molecule has 5 nitrogen and oxygen atoms in total. The van der Waals surface area contributed by atoms with Crippen molar-refractivity contribution in [1.82, 2.24) is 5.32 Å². The third-order valence-electron chi connectivity index (χ3n) is 2.33. The number of hydrogen-bond donors (Lipinski definition) is 2. The second-order valence-corrected chi connectivity index (χ2v) is 4.12. The molecule has 0 fully saturated rings. The average Bonchev–Trinajstić information content (AvgIpc) is 2.42. The van der Waals surface area contributed by atoms with Gasteiger partial charge in [-0.3, -0.25) is 4.79 Å². The summed E-state index contributed by atoms with van der Waals surface area (Å²) in [5.74, 6) is 0.632. The Labute approximate surface area is 117 Å². The summed E-state index contributed by atoms with van der Waals surface area (Å²) in [5, 5.41) is 3.11. The van der Waals surface area contributed by atoms with Crippen LogP contribution in [-0.2, 0) is 11.3 Å². The molecule has 0 aliphatic carbocycles. The molecule has 0 aromatic heterocycles. The quantitative estimate of drug-likeness (QED) is 0.744. The summed E-state index contributed by atoms with van der Waals surface area (Å²) in [6.45, 7) is 4.01. The molecular formula is C13H17ClN2O3. The Bertz CT molecular complexity index is 438.